The lowest BCUT2D eigenvalue weighted by Gasteiger charge is -2.38. The maximum Gasteiger partial charge on any atom is 0.0505 e. The van der Waals surface area contributed by atoms with Crippen LogP contribution >= 0.6 is 22.6 Å². The van der Waals surface area contributed by atoms with Gasteiger partial charge in [-0.05, 0) is 66.5 Å². The number of hydrogen-bond acceptors (Lipinski definition) is 2. The molecule has 0 aliphatic carbocycles. The van der Waals surface area contributed by atoms with E-state index < -0.39 is 0 Å². The average molecular weight is 330 g/mol. The van der Waals surface area contributed by atoms with Crippen molar-refractivity contribution in [2.24, 2.45) is 5.92 Å². The highest BCUT2D eigenvalue weighted by molar-refractivity contribution is 14.1. The van der Waals surface area contributed by atoms with Gasteiger partial charge in [0, 0.05) is 21.8 Å². The first-order valence-electron chi connectivity index (χ1n) is 5.89. The molecule has 2 nitrogen and oxygen atoms in total. The Kier molecular flexibility index (Phi) is 3.62. The third-order valence-electron chi connectivity index (χ3n) is 3.42. The topological polar surface area (TPSA) is 29.3 Å². The normalized spacial score (nSPS) is 25.8. The number of nitrogens with two attached hydrogens (primary N) is 1. The van der Waals surface area contributed by atoms with Crippen LogP contribution in [-0.4, -0.2) is 12.6 Å². The summed E-state index contributed by atoms with van der Waals surface area (Å²) in [5, 5.41) is 0. The molecular formula is C13H19IN2. The molecule has 1 heterocycles. The van der Waals surface area contributed by atoms with Gasteiger partial charge in [-0.2, -0.15) is 0 Å². The molecule has 1 aliphatic heterocycles. The summed E-state index contributed by atoms with van der Waals surface area (Å²) in [5.74, 6) is 0.859. The van der Waals surface area contributed by atoms with Crippen LogP contribution in [0, 0.1) is 9.49 Å². The molecule has 1 fully saturated rings. The lowest BCUT2D eigenvalue weighted by Crippen LogP contribution is -2.40. The monoisotopic (exact) mass is 330 g/mol. The molecule has 3 heteroatoms. The van der Waals surface area contributed by atoms with Gasteiger partial charge in [0.1, 0.15) is 0 Å². The first-order valence-corrected chi connectivity index (χ1v) is 6.97. The van der Waals surface area contributed by atoms with Crippen LogP contribution in [-0.2, 0) is 0 Å². The van der Waals surface area contributed by atoms with Crippen molar-refractivity contribution in [2.45, 2.75) is 32.7 Å². The van der Waals surface area contributed by atoms with Crippen LogP contribution in [0.25, 0.3) is 0 Å². The van der Waals surface area contributed by atoms with E-state index in [2.05, 4.69) is 53.5 Å². The average Bonchev–Trinajstić information content (AvgIpc) is 2.19. The minimum atomic E-state index is 0.640. The number of benzene rings is 1. The van der Waals surface area contributed by atoms with Gasteiger partial charge in [-0.3, -0.25) is 0 Å². The SMILES string of the molecule is CC1CCN(c2ccc(N)cc2I)C(C)C1. The molecule has 0 aromatic heterocycles. The molecule has 1 aromatic rings. The highest BCUT2D eigenvalue weighted by Gasteiger charge is 2.24. The van der Waals surface area contributed by atoms with Crippen LogP contribution in [0.4, 0.5) is 11.4 Å². The molecule has 0 amide bonds. The molecule has 1 saturated heterocycles. The second kappa shape index (κ2) is 4.82. The molecule has 1 aliphatic rings. The molecule has 88 valence electrons. The van der Waals surface area contributed by atoms with E-state index in [1.54, 1.807) is 0 Å². The Morgan fingerprint density at radius 2 is 2.12 bits per heavy atom. The predicted molar refractivity (Wildman–Crippen MR) is 78.8 cm³/mol. The van der Waals surface area contributed by atoms with Gasteiger partial charge < -0.3 is 10.6 Å². The van der Waals surface area contributed by atoms with Crippen molar-refractivity contribution in [3.63, 3.8) is 0 Å². The third-order valence-corrected chi connectivity index (χ3v) is 4.28. The van der Waals surface area contributed by atoms with Crippen molar-refractivity contribution in [1.29, 1.82) is 0 Å². The van der Waals surface area contributed by atoms with Crippen molar-refractivity contribution >= 4 is 34.0 Å². The van der Waals surface area contributed by atoms with Crippen LogP contribution < -0.4 is 10.6 Å². The third kappa shape index (κ3) is 2.44. The summed E-state index contributed by atoms with van der Waals surface area (Å²) in [5.41, 5.74) is 7.99. The Hall–Kier alpha value is -0.450. The minimum absolute atomic E-state index is 0.640. The molecule has 0 radical (unpaired) electrons. The van der Waals surface area contributed by atoms with Crippen molar-refractivity contribution < 1.29 is 0 Å². The zero-order valence-electron chi connectivity index (χ0n) is 9.91. The highest BCUT2D eigenvalue weighted by Crippen LogP contribution is 2.31. The Balaban J connectivity index is 2.23. The molecule has 16 heavy (non-hydrogen) atoms. The van der Waals surface area contributed by atoms with Crippen LogP contribution in [0.2, 0.25) is 0 Å². The summed E-state index contributed by atoms with van der Waals surface area (Å²) < 4.78 is 1.26. The quantitative estimate of drug-likeness (QED) is 0.631. The van der Waals surface area contributed by atoms with Gasteiger partial charge in [0.25, 0.3) is 0 Å². The maximum atomic E-state index is 5.79. The van der Waals surface area contributed by atoms with E-state index in [9.17, 15) is 0 Å². The van der Waals surface area contributed by atoms with E-state index in [0.717, 1.165) is 11.6 Å². The fourth-order valence-corrected chi connectivity index (χ4v) is 3.37. The van der Waals surface area contributed by atoms with E-state index in [4.69, 9.17) is 5.73 Å². The van der Waals surface area contributed by atoms with Gasteiger partial charge in [-0.15, -0.1) is 0 Å². The van der Waals surface area contributed by atoms with Crippen molar-refractivity contribution in [3.8, 4) is 0 Å². The fourth-order valence-electron chi connectivity index (χ4n) is 2.52. The van der Waals surface area contributed by atoms with Gasteiger partial charge in [0.15, 0.2) is 0 Å². The van der Waals surface area contributed by atoms with Crippen LogP contribution in [0.1, 0.15) is 26.7 Å². The minimum Gasteiger partial charge on any atom is -0.399 e. The van der Waals surface area contributed by atoms with E-state index in [0.29, 0.717) is 6.04 Å². The molecule has 0 saturated carbocycles. The Bertz CT molecular complexity index is 378. The molecular weight excluding hydrogens is 311 g/mol. The molecule has 2 unspecified atom stereocenters. The lowest BCUT2D eigenvalue weighted by atomic mass is 9.93. The summed E-state index contributed by atoms with van der Waals surface area (Å²) in [6.45, 7) is 5.84. The summed E-state index contributed by atoms with van der Waals surface area (Å²) in [6, 6.07) is 6.85. The molecule has 2 rings (SSSR count). The first kappa shape index (κ1) is 12.0. The second-order valence-electron chi connectivity index (χ2n) is 4.88. The van der Waals surface area contributed by atoms with Gasteiger partial charge in [0.2, 0.25) is 0 Å². The van der Waals surface area contributed by atoms with Crippen LogP contribution in [0.5, 0.6) is 0 Å². The number of nitrogen functional groups attached to an aromatic ring is 1. The van der Waals surface area contributed by atoms with Gasteiger partial charge in [0.05, 0.1) is 5.69 Å². The van der Waals surface area contributed by atoms with E-state index in [1.807, 2.05) is 6.07 Å². The van der Waals surface area contributed by atoms with Crippen molar-refractivity contribution in [2.75, 3.05) is 17.2 Å². The number of nitrogens with zero attached hydrogens (tertiary/aromatic N) is 1. The van der Waals surface area contributed by atoms with E-state index in [1.165, 1.54) is 28.6 Å². The molecule has 2 atom stereocenters. The Morgan fingerprint density at radius 3 is 2.75 bits per heavy atom. The Morgan fingerprint density at radius 1 is 1.38 bits per heavy atom. The van der Waals surface area contributed by atoms with E-state index >= 15 is 0 Å². The number of halogens is 1. The van der Waals surface area contributed by atoms with Gasteiger partial charge in [-0.1, -0.05) is 6.92 Å². The maximum absolute atomic E-state index is 5.79. The first-order chi connectivity index (χ1) is 7.58. The Labute approximate surface area is 111 Å². The predicted octanol–water partition coefficient (Wildman–Crippen LogP) is 3.50. The highest BCUT2D eigenvalue weighted by atomic mass is 127. The van der Waals surface area contributed by atoms with Gasteiger partial charge >= 0.3 is 0 Å². The summed E-state index contributed by atoms with van der Waals surface area (Å²) in [4.78, 5) is 2.52. The second-order valence-corrected chi connectivity index (χ2v) is 6.05. The summed E-state index contributed by atoms with van der Waals surface area (Å²) in [7, 11) is 0. The molecule has 2 N–H and O–H groups in total. The fraction of sp³-hybridized carbons (Fsp3) is 0.538. The number of piperidine rings is 1. The largest absolute Gasteiger partial charge is 0.399 e. The summed E-state index contributed by atoms with van der Waals surface area (Å²) >= 11 is 2.38. The molecule has 0 bridgehead atoms. The zero-order valence-corrected chi connectivity index (χ0v) is 12.1. The van der Waals surface area contributed by atoms with E-state index in [-0.39, 0.29) is 0 Å². The standard InChI is InChI=1S/C13H19IN2/c1-9-5-6-16(10(2)7-9)13-4-3-11(15)8-12(13)14/h3-4,8-10H,5-7,15H2,1-2H3. The number of hydrogen-bond donors (Lipinski definition) is 1. The van der Waals surface area contributed by atoms with Crippen LogP contribution in [0.15, 0.2) is 18.2 Å². The smallest absolute Gasteiger partial charge is 0.0505 e. The zero-order chi connectivity index (χ0) is 11.7. The van der Waals surface area contributed by atoms with Gasteiger partial charge in [-0.25, -0.2) is 0 Å². The van der Waals surface area contributed by atoms with Crippen molar-refractivity contribution in [3.05, 3.63) is 21.8 Å². The number of rotatable bonds is 1. The van der Waals surface area contributed by atoms with Crippen molar-refractivity contribution in [1.82, 2.24) is 0 Å². The molecule has 0 spiro atoms. The van der Waals surface area contributed by atoms with Crippen LogP contribution in [0.3, 0.4) is 0 Å². The molecule has 1 aromatic carbocycles. The number of anilines is 2. The lowest BCUT2D eigenvalue weighted by molar-refractivity contribution is 0.377. The summed E-state index contributed by atoms with van der Waals surface area (Å²) in [6.07, 6.45) is 2.59.